The predicted molar refractivity (Wildman–Crippen MR) is 258 cm³/mol. The van der Waals surface area contributed by atoms with Gasteiger partial charge in [-0.2, -0.15) is 0 Å². The van der Waals surface area contributed by atoms with Gasteiger partial charge in [0.25, 0.3) is 0 Å². The maximum atomic E-state index is 12.8. The second-order valence-electron chi connectivity index (χ2n) is 16.2. The van der Waals surface area contributed by atoms with Crippen LogP contribution in [0.3, 0.4) is 0 Å². The summed E-state index contributed by atoms with van der Waals surface area (Å²) in [6.07, 6.45) is 40.4. The summed E-state index contributed by atoms with van der Waals surface area (Å²) in [7, 11) is -5.15. The Labute approximate surface area is 390 Å². The zero-order valence-electron chi connectivity index (χ0n) is 39.2. The van der Waals surface area contributed by atoms with Gasteiger partial charge in [0.1, 0.15) is 43.2 Å². The van der Waals surface area contributed by atoms with Gasteiger partial charge in [-0.25, -0.2) is 4.57 Å². The van der Waals surface area contributed by atoms with Crippen LogP contribution in [0.25, 0.3) is 0 Å². The Balaban J connectivity index is 2.51. The predicted octanol–water partition coefficient (Wildman–Crippen LogP) is 9.83. The van der Waals surface area contributed by atoms with Crippen LogP contribution >= 0.6 is 7.82 Å². The molecule has 1 rings (SSSR count). The summed E-state index contributed by atoms with van der Waals surface area (Å²) in [5, 5.41) is 50.2. The highest BCUT2D eigenvalue weighted by Gasteiger charge is 2.51. The van der Waals surface area contributed by atoms with E-state index in [1.54, 1.807) is 0 Å². The van der Waals surface area contributed by atoms with Crippen molar-refractivity contribution in [2.24, 2.45) is 0 Å². The maximum absolute atomic E-state index is 12.8. The number of carbonyl (C=O) groups is 2. The van der Waals surface area contributed by atoms with Crippen molar-refractivity contribution in [3.05, 3.63) is 97.2 Å². The maximum Gasteiger partial charge on any atom is 0.472 e. The van der Waals surface area contributed by atoms with Crippen LogP contribution in [0.15, 0.2) is 97.2 Å². The molecule has 0 bridgehead atoms. The van der Waals surface area contributed by atoms with E-state index in [0.717, 1.165) is 89.9 Å². The highest BCUT2D eigenvalue weighted by atomic mass is 31.2. The molecule has 65 heavy (non-hydrogen) atoms. The molecule has 8 atom stereocenters. The van der Waals surface area contributed by atoms with Crippen molar-refractivity contribution in [1.29, 1.82) is 0 Å². The molecule has 13 nitrogen and oxygen atoms in total. The summed E-state index contributed by atoms with van der Waals surface area (Å²) in [6.45, 7) is 3.08. The lowest BCUT2D eigenvalue weighted by molar-refractivity contribution is -0.220. The van der Waals surface area contributed by atoms with Crippen molar-refractivity contribution >= 4 is 19.8 Å². The fraction of sp³-hybridized carbons (Fsp3) is 0.647. The third-order valence-electron chi connectivity index (χ3n) is 10.4. The summed E-state index contributed by atoms with van der Waals surface area (Å²) in [5.74, 6) is -1.22. The van der Waals surface area contributed by atoms with Crippen molar-refractivity contribution < 1.29 is 63.1 Å². The molecular weight excluding hydrogens is 852 g/mol. The molecule has 0 aromatic rings. The lowest BCUT2D eigenvalue weighted by Crippen LogP contribution is -2.64. The van der Waals surface area contributed by atoms with E-state index in [1.165, 1.54) is 19.3 Å². The number of aliphatic hydroxyl groups excluding tert-OH is 5. The van der Waals surface area contributed by atoms with Gasteiger partial charge in [-0.1, -0.05) is 156 Å². The van der Waals surface area contributed by atoms with Gasteiger partial charge in [0.15, 0.2) is 6.10 Å². The van der Waals surface area contributed by atoms with Crippen LogP contribution in [-0.4, -0.2) is 98.3 Å². The van der Waals surface area contributed by atoms with Crippen LogP contribution in [0.1, 0.15) is 155 Å². The van der Waals surface area contributed by atoms with E-state index in [9.17, 15) is 44.6 Å². The van der Waals surface area contributed by atoms with E-state index in [-0.39, 0.29) is 12.8 Å². The van der Waals surface area contributed by atoms with Crippen molar-refractivity contribution in [1.82, 2.24) is 0 Å². The first kappa shape index (κ1) is 59.8. The Kier molecular flexibility index (Phi) is 36.7. The molecule has 6 unspecified atom stereocenters. The number of unbranched alkanes of at least 4 members (excludes halogenated alkanes) is 10. The second-order valence-corrected chi connectivity index (χ2v) is 17.6. The monoisotopic (exact) mass is 935 g/mol. The van der Waals surface area contributed by atoms with Gasteiger partial charge in [0.2, 0.25) is 0 Å². The van der Waals surface area contributed by atoms with Gasteiger partial charge in [-0.3, -0.25) is 18.6 Å². The van der Waals surface area contributed by atoms with Crippen LogP contribution in [0.5, 0.6) is 0 Å². The van der Waals surface area contributed by atoms with Crippen LogP contribution in [0.4, 0.5) is 0 Å². The van der Waals surface area contributed by atoms with E-state index in [2.05, 4.69) is 92.8 Å². The molecule has 1 saturated carbocycles. The summed E-state index contributed by atoms with van der Waals surface area (Å²) in [4.78, 5) is 35.7. The summed E-state index contributed by atoms with van der Waals surface area (Å²) < 4.78 is 33.5. The SMILES string of the molecule is CC/C=C/C/C=C/C/C=C/C/C=C/C/C=C/C/C=C/CCC(=O)OC[C@@H](COP(=O)(O)OC1C(O)C(O)C(O)[C@H](O)C1O)OC(=O)CCCCCCCCC/C=C/C/C=C/CCCCC. The van der Waals surface area contributed by atoms with Gasteiger partial charge >= 0.3 is 19.8 Å². The summed E-state index contributed by atoms with van der Waals surface area (Å²) in [5.41, 5.74) is 0. The minimum atomic E-state index is -5.15. The van der Waals surface area contributed by atoms with Crippen LogP contribution in [0, 0.1) is 0 Å². The molecule has 1 aliphatic rings. The Morgan fingerprint density at radius 1 is 0.492 bits per heavy atom. The minimum Gasteiger partial charge on any atom is -0.462 e. The van der Waals surface area contributed by atoms with Crippen LogP contribution in [-0.2, 0) is 32.7 Å². The molecule has 14 heteroatoms. The highest BCUT2D eigenvalue weighted by molar-refractivity contribution is 7.47. The van der Waals surface area contributed by atoms with E-state index in [1.807, 2.05) is 18.2 Å². The molecule has 6 N–H and O–H groups in total. The Morgan fingerprint density at radius 2 is 0.908 bits per heavy atom. The molecule has 0 spiro atoms. The zero-order chi connectivity index (χ0) is 47.8. The molecule has 0 radical (unpaired) electrons. The number of allylic oxidation sites excluding steroid dienone is 16. The highest BCUT2D eigenvalue weighted by Crippen LogP contribution is 2.47. The third-order valence-corrected chi connectivity index (χ3v) is 11.4. The minimum absolute atomic E-state index is 0.0345. The molecule has 1 aliphatic carbocycles. The van der Waals surface area contributed by atoms with E-state index in [4.69, 9.17) is 18.5 Å². The topological polar surface area (TPSA) is 210 Å². The van der Waals surface area contributed by atoms with Crippen molar-refractivity contribution in [2.75, 3.05) is 13.2 Å². The van der Waals surface area contributed by atoms with Crippen molar-refractivity contribution in [3.63, 3.8) is 0 Å². The molecule has 1 fully saturated rings. The standard InChI is InChI=1S/C51H83O13P/c1-3-5-7-9-11-13-15-17-19-21-22-24-25-27-29-31-33-35-37-39-44(52)61-41-43(42-62-65(59,60)64-51-49(57)47(55)46(54)48(56)50(51)58)63-45(53)40-38-36-34-32-30-28-26-23-20-18-16-14-12-10-8-6-4-2/h5,7,11-14,17-20,22,24,27,29,33,35,43,46-51,54-58H,3-4,6,8-10,15-16,21,23,25-26,28,30-32,34,36-42H2,1-2H3,(H,59,60)/b7-5+,13-11+,14-12+,19-17+,20-18+,24-22+,29-27+,35-33+/t43-,46?,47-,48?,49?,50?,51?/m0/s1. The van der Waals surface area contributed by atoms with Crippen molar-refractivity contribution in [3.8, 4) is 0 Å². The quantitative estimate of drug-likeness (QED) is 0.0148. The second kappa shape index (κ2) is 39.9. The molecule has 0 aromatic heterocycles. The summed E-state index contributed by atoms with van der Waals surface area (Å²) >= 11 is 0. The number of phosphoric ester groups is 1. The van der Waals surface area contributed by atoms with Gasteiger partial charge in [-0.05, 0) is 83.5 Å². The fourth-order valence-corrected chi connectivity index (χ4v) is 7.55. The lowest BCUT2D eigenvalue weighted by atomic mass is 9.85. The molecule has 0 aliphatic heterocycles. The smallest absolute Gasteiger partial charge is 0.462 e. The molecule has 0 saturated heterocycles. The Morgan fingerprint density at radius 3 is 1.40 bits per heavy atom. The summed E-state index contributed by atoms with van der Waals surface area (Å²) in [6, 6.07) is 0. The average Bonchev–Trinajstić information content (AvgIpc) is 3.29. The number of hydrogen-bond acceptors (Lipinski definition) is 12. The Hall–Kier alpha value is -3.23. The molecule has 0 heterocycles. The number of aliphatic hydroxyl groups is 5. The van der Waals surface area contributed by atoms with Gasteiger partial charge in [-0.15, -0.1) is 0 Å². The van der Waals surface area contributed by atoms with Crippen molar-refractivity contribution in [2.45, 2.75) is 198 Å². The number of phosphoric acid groups is 1. The van der Waals surface area contributed by atoms with Gasteiger partial charge in [0.05, 0.1) is 6.61 Å². The normalized spacial score (nSPS) is 22.3. The first-order valence-electron chi connectivity index (χ1n) is 24.0. The van der Waals surface area contributed by atoms with Gasteiger partial charge in [0, 0.05) is 12.8 Å². The largest absolute Gasteiger partial charge is 0.472 e. The molecule has 0 aromatic carbocycles. The van der Waals surface area contributed by atoms with Crippen LogP contribution < -0.4 is 0 Å². The number of carbonyl (C=O) groups excluding carboxylic acids is 2. The number of hydrogen-bond donors (Lipinski definition) is 6. The third kappa shape index (κ3) is 32.2. The molecular formula is C51H83O13P. The zero-order valence-corrected chi connectivity index (χ0v) is 40.1. The fourth-order valence-electron chi connectivity index (χ4n) is 6.58. The first-order chi connectivity index (χ1) is 31.4. The number of esters is 2. The molecule has 0 amide bonds. The molecule has 370 valence electrons. The van der Waals surface area contributed by atoms with E-state index in [0.29, 0.717) is 19.3 Å². The van der Waals surface area contributed by atoms with E-state index < -0.39 is 75.7 Å². The lowest BCUT2D eigenvalue weighted by Gasteiger charge is -2.41. The Bertz CT molecular complexity index is 1500. The van der Waals surface area contributed by atoms with Gasteiger partial charge < -0.3 is 39.9 Å². The number of rotatable bonds is 38. The van der Waals surface area contributed by atoms with E-state index >= 15 is 0 Å². The first-order valence-corrected chi connectivity index (χ1v) is 25.5. The van der Waals surface area contributed by atoms with Crippen LogP contribution in [0.2, 0.25) is 0 Å². The number of ether oxygens (including phenoxy) is 2. The average molecular weight is 935 g/mol.